The average molecular weight is 185 g/mol. The van der Waals surface area contributed by atoms with Crippen molar-refractivity contribution in [3.05, 3.63) is 35.3 Å². The fourth-order valence-electron chi connectivity index (χ4n) is 1.20. The molecule has 0 radical (unpaired) electrons. The van der Waals surface area contributed by atoms with Crippen molar-refractivity contribution in [1.29, 1.82) is 0 Å². The molecular weight excluding hydrogens is 176 g/mol. The molecule has 0 saturated heterocycles. The van der Waals surface area contributed by atoms with Crippen molar-refractivity contribution in [3.8, 4) is 0 Å². The van der Waals surface area contributed by atoms with E-state index in [1.165, 1.54) is 6.20 Å². The molecule has 3 nitrogen and oxygen atoms in total. The van der Waals surface area contributed by atoms with Crippen molar-refractivity contribution >= 4 is 23.4 Å². The highest BCUT2D eigenvalue weighted by atomic mass is 35.5. The highest BCUT2D eigenvalue weighted by Crippen LogP contribution is 2.11. The summed E-state index contributed by atoms with van der Waals surface area (Å²) >= 11 is 0. The molecule has 0 aromatic carbocycles. The third kappa shape index (κ3) is 1.12. The highest BCUT2D eigenvalue weighted by molar-refractivity contribution is 5.85. The summed E-state index contributed by atoms with van der Waals surface area (Å²) in [5, 5.41) is 12.1. The first-order valence-electron chi connectivity index (χ1n) is 3.45. The minimum absolute atomic E-state index is 0. The molecule has 0 spiro atoms. The number of hydrogen-bond donors (Lipinski definition) is 1. The Hall–Kier alpha value is -1.22. The van der Waals surface area contributed by atoms with Gasteiger partial charge in [-0.25, -0.2) is 9.71 Å². The molecule has 0 aliphatic carbocycles. The molecule has 1 N–H and O–H groups in total. The predicted octanol–water partition coefficient (Wildman–Crippen LogP) is 1.53. The normalized spacial score (nSPS) is 9.75. The van der Waals surface area contributed by atoms with Crippen LogP contribution in [0.4, 0.5) is 0 Å². The van der Waals surface area contributed by atoms with Crippen LogP contribution in [0.15, 0.2) is 24.5 Å². The van der Waals surface area contributed by atoms with E-state index in [9.17, 15) is 5.21 Å². The van der Waals surface area contributed by atoms with E-state index in [4.69, 9.17) is 0 Å². The van der Waals surface area contributed by atoms with E-state index in [1.807, 2.05) is 19.1 Å². The van der Waals surface area contributed by atoms with Gasteiger partial charge in [-0.15, -0.1) is 12.4 Å². The second-order valence-corrected chi connectivity index (χ2v) is 2.56. The van der Waals surface area contributed by atoms with Gasteiger partial charge in [0.05, 0.1) is 17.8 Å². The molecule has 64 valence electrons. The fourth-order valence-corrected chi connectivity index (χ4v) is 1.20. The Morgan fingerprint density at radius 3 is 2.83 bits per heavy atom. The molecule has 0 bridgehead atoms. The third-order valence-corrected chi connectivity index (χ3v) is 1.83. The number of halogens is 1. The largest absolute Gasteiger partial charge is 0.711 e. The van der Waals surface area contributed by atoms with Crippen molar-refractivity contribution in [2.24, 2.45) is 0 Å². The first kappa shape index (κ1) is 8.87. The molecule has 0 fully saturated rings. The molecule has 0 aliphatic rings. The fraction of sp³-hybridized carbons (Fsp3) is 0.125. The van der Waals surface area contributed by atoms with E-state index in [0.717, 1.165) is 15.7 Å². The number of pyridine rings is 1. The number of H-pyrrole nitrogens is 1. The predicted molar refractivity (Wildman–Crippen MR) is 49.2 cm³/mol. The number of aryl methyl sites for hydroxylation is 1. The maximum atomic E-state index is 11.1. The smallest absolute Gasteiger partial charge is 0.289 e. The van der Waals surface area contributed by atoms with Crippen molar-refractivity contribution in [3.63, 3.8) is 0 Å². The van der Waals surface area contributed by atoms with Crippen LogP contribution in [0, 0.1) is 12.1 Å². The van der Waals surface area contributed by atoms with Gasteiger partial charge in [-0.1, -0.05) is 0 Å². The van der Waals surface area contributed by atoms with Gasteiger partial charge < -0.3 is 5.21 Å². The molecule has 2 rings (SSSR count). The van der Waals surface area contributed by atoms with Gasteiger partial charge in [0.15, 0.2) is 0 Å². The summed E-state index contributed by atoms with van der Waals surface area (Å²) in [6.07, 6.45) is 3.28. The second-order valence-electron chi connectivity index (χ2n) is 2.56. The lowest BCUT2D eigenvalue weighted by Crippen LogP contribution is -2.26. The number of nitrogens with zero attached hydrogens (tertiary/aromatic N) is 1. The zero-order valence-electron chi connectivity index (χ0n) is 6.57. The minimum atomic E-state index is 0. The van der Waals surface area contributed by atoms with E-state index in [-0.39, 0.29) is 12.4 Å². The Balaban J connectivity index is 0.000000720. The van der Waals surface area contributed by atoms with Gasteiger partial charge in [-0.2, -0.15) is 0 Å². The van der Waals surface area contributed by atoms with Crippen molar-refractivity contribution < 1.29 is 4.73 Å². The highest BCUT2D eigenvalue weighted by Gasteiger charge is 2.04. The van der Waals surface area contributed by atoms with Crippen LogP contribution in [-0.2, 0) is 0 Å². The Kier molecular flexibility index (Phi) is 2.24. The number of hydrogen-bond acceptors (Lipinski definition) is 1. The van der Waals surface area contributed by atoms with Crippen molar-refractivity contribution in [1.82, 2.24) is 4.98 Å². The molecule has 0 unspecified atom stereocenters. The summed E-state index contributed by atoms with van der Waals surface area (Å²) in [5.41, 5.74) is 1.75. The van der Waals surface area contributed by atoms with Crippen LogP contribution in [0.2, 0.25) is 0 Å². The van der Waals surface area contributed by atoms with Crippen LogP contribution in [0.5, 0.6) is 0 Å². The first-order chi connectivity index (χ1) is 5.29. The molecule has 2 heterocycles. The maximum Gasteiger partial charge on any atom is 0.289 e. The van der Waals surface area contributed by atoms with Gasteiger partial charge in [0.2, 0.25) is 0 Å². The maximum absolute atomic E-state index is 11.1. The van der Waals surface area contributed by atoms with Gasteiger partial charge in [0.1, 0.15) is 0 Å². The molecule has 2 aromatic rings. The van der Waals surface area contributed by atoms with Crippen LogP contribution < -0.4 is 4.73 Å². The Morgan fingerprint density at radius 1 is 1.42 bits per heavy atom. The second kappa shape index (κ2) is 3.03. The minimum Gasteiger partial charge on any atom is -0.711 e. The van der Waals surface area contributed by atoms with Gasteiger partial charge >= 0.3 is 0 Å². The van der Waals surface area contributed by atoms with Gasteiger partial charge in [-0.3, -0.25) is 0 Å². The number of aromatic amines is 1. The lowest BCUT2D eigenvalue weighted by molar-refractivity contribution is -0.579. The molecule has 0 atom stereocenters. The zero-order chi connectivity index (χ0) is 7.84. The van der Waals surface area contributed by atoms with E-state index in [2.05, 4.69) is 4.98 Å². The molecule has 0 amide bonds. The summed E-state index contributed by atoms with van der Waals surface area (Å²) in [6, 6.07) is 3.71. The lowest BCUT2D eigenvalue weighted by atomic mass is 10.2. The van der Waals surface area contributed by atoms with E-state index < -0.39 is 0 Å². The molecule has 2 aromatic heterocycles. The van der Waals surface area contributed by atoms with Gasteiger partial charge in [-0.05, 0) is 24.6 Å². The molecule has 12 heavy (non-hydrogen) atoms. The monoisotopic (exact) mass is 184 g/mol. The quantitative estimate of drug-likeness (QED) is 0.490. The van der Waals surface area contributed by atoms with Crippen molar-refractivity contribution in [2.45, 2.75) is 6.92 Å². The first-order valence-corrected chi connectivity index (χ1v) is 3.45. The number of nitrogens with one attached hydrogen (secondary N) is 1. The van der Waals surface area contributed by atoms with Crippen molar-refractivity contribution in [2.75, 3.05) is 0 Å². The standard InChI is InChI=1S/C8H8N2O.ClH/c1-6-3-5-10(11)8-7(6)2-4-9-8;/h2-5,9H,1H3;1H. The SMILES string of the molecule is Cc1cc[n+]([O-])c2[nH]ccc12.Cl. The van der Waals surface area contributed by atoms with E-state index in [0.29, 0.717) is 5.65 Å². The van der Waals surface area contributed by atoms with Crippen LogP contribution in [0.3, 0.4) is 0 Å². The van der Waals surface area contributed by atoms with Crippen LogP contribution in [0.25, 0.3) is 11.0 Å². The topological polar surface area (TPSA) is 42.7 Å². The molecule has 0 aliphatic heterocycles. The summed E-state index contributed by atoms with van der Waals surface area (Å²) in [6.45, 7) is 1.98. The number of fused-ring (bicyclic) bond motifs is 1. The molecule has 4 heteroatoms. The molecule has 0 saturated carbocycles. The lowest BCUT2D eigenvalue weighted by Gasteiger charge is -2.02. The number of aromatic nitrogens is 2. The van der Waals surface area contributed by atoms with Crippen LogP contribution in [0.1, 0.15) is 5.56 Å². The van der Waals surface area contributed by atoms with E-state index >= 15 is 0 Å². The van der Waals surface area contributed by atoms with Crippen LogP contribution in [-0.4, -0.2) is 4.98 Å². The zero-order valence-corrected chi connectivity index (χ0v) is 7.39. The Morgan fingerprint density at radius 2 is 2.17 bits per heavy atom. The van der Waals surface area contributed by atoms with E-state index in [1.54, 1.807) is 6.20 Å². The summed E-state index contributed by atoms with van der Waals surface area (Å²) in [7, 11) is 0. The summed E-state index contributed by atoms with van der Waals surface area (Å²) in [5.74, 6) is 0. The Labute approximate surface area is 76.0 Å². The average Bonchev–Trinajstić information content (AvgIpc) is 2.45. The Bertz CT molecular complexity index is 361. The number of rotatable bonds is 0. The summed E-state index contributed by atoms with van der Waals surface area (Å²) in [4.78, 5) is 2.88. The summed E-state index contributed by atoms with van der Waals surface area (Å²) < 4.78 is 0.836. The van der Waals surface area contributed by atoms with Gasteiger partial charge in [0, 0.05) is 0 Å². The van der Waals surface area contributed by atoms with Crippen LogP contribution >= 0.6 is 12.4 Å². The molecular formula is C8H9ClN2O. The van der Waals surface area contributed by atoms with Gasteiger partial charge in [0.25, 0.3) is 5.65 Å². The third-order valence-electron chi connectivity index (χ3n) is 1.83.